The fraction of sp³-hybridized carbons (Fsp3) is 0.444. The Hall–Kier alpha value is -4.58. The number of amides is 2. The van der Waals surface area contributed by atoms with Crippen molar-refractivity contribution in [1.29, 1.82) is 0 Å². The molecule has 2 amide bonds. The van der Waals surface area contributed by atoms with Gasteiger partial charge in [0.25, 0.3) is 17.4 Å². The second-order valence-corrected chi connectivity index (χ2v) is 15.2. The number of para-hydroxylation sites is 1. The van der Waals surface area contributed by atoms with Gasteiger partial charge in [-0.3, -0.25) is 46.5 Å². The highest BCUT2D eigenvalue weighted by molar-refractivity contribution is 7.48. The van der Waals surface area contributed by atoms with Crippen molar-refractivity contribution in [2.75, 3.05) is 56.8 Å². The summed E-state index contributed by atoms with van der Waals surface area (Å²) in [5, 5.41) is 11.7. The van der Waals surface area contributed by atoms with E-state index in [0.29, 0.717) is 17.8 Å². The van der Waals surface area contributed by atoms with Crippen LogP contribution in [0.15, 0.2) is 59.5 Å². The SMILES string of the molecule is CCCCNC(=O)c1ccc(NCc2cnc3nc(Nc4ccccc4C(=O)NCC(COP(=O)(OCC)OCC)OP(=O)(OCC)OCC)[nH]c(=O)c3n2)cc1. The zero-order valence-electron chi connectivity index (χ0n) is 32.6. The van der Waals surface area contributed by atoms with Crippen LogP contribution in [0.1, 0.15) is 73.9 Å². The van der Waals surface area contributed by atoms with E-state index in [2.05, 4.69) is 48.1 Å². The minimum atomic E-state index is -4.11. The molecule has 0 aliphatic rings. The van der Waals surface area contributed by atoms with Crippen LogP contribution in [0, 0.1) is 0 Å². The number of anilines is 3. The second-order valence-electron chi connectivity index (χ2n) is 12.0. The Kier molecular flexibility index (Phi) is 17.7. The van der Waals surface area contributed by atoms with Crippen LogP contribution in [0.2, 0.25) is 0 Å². The smallest absolute Gasteiger partial charge is 0.379 e. The summed E-state index contributed by atoms with van der Waals surface area (Å²) in [4.78, 5) is 54.8. The highest BCUT2D eigenvalue weighted by Crippen LogP contribution is 2.52. The summed E-state index contributed by atoms with van der Waals surface area (Å²) in [7, 11) is -8.12. The standard InChI is InChI=1S/C36H50N8O11P2/c1-6-11-20-37-33(45)25-16-18-26(19-17-25)38-21-27-22-39-32-31(41-27)35(47)44-36(43-32)42-30-15-13-12-14-29(30)34(46)40-23-28(55-57(49,52-9-4)53-10-5)24-54-56(48,50-7-2)51-8-3/h12-19,22,28,38H,6-11,20-21,23-24H2,1-5H3,(H,37,45)(H,40,46)(H2,39,42,43,44,47). The number of phosphoric ester groups is 2. The number of benzene rings is 2. The minimum absolute atomic E-state index is 0.000976. The molecule has 4 rings (SSSR count). The first-order valence-electron chi connectivity index (χ1n) is 18.6. The topological polar surface area (TPSA) is 243 Å². The van der Waals surface area contributed by atoms with E-state index < -0.39 is 39.8 Å². The first-order valence-corrected chi connectivity index (χ1v) is 21.5. The lowest BCUT2D eigenvalue weighted by molar-refractivity contribution is 0.0386. The molecule has 1 atom stereocenters. The molecule has 21 heteroatoms. The van der Waals surface area contributed by atoms with Crippen molar-refractivity contribution in [2.45, 2.75) is 60.1 Å². The van der Waals surface area contributed by atoms with Crippen LogP contribution in [0.4, 0.5) is 17.3 Å². The van der Waals surface area contributed by atoms with Crippen molar-refractivity contribution >= 4 is 55.9 Å². The largest absolute Gasteiger partial charge is 0.475 e. The lowest BCUT2D eigenvalue weighted by atomic mass is 10.1. The van der Waals surface area contributed by atoms with Crippen LogP contribution >= 0.6 is 15.6 Å². The number of carbonyl (C=O) groups is 2. The monoisotopic (exact) mass is 832 g/mol. The Bertz CT molecular complexity index is 2070. The summed E-state index contributed by atoms with van der Waals surface area (Å²) in [5.74, 6) is -0.736. The predicted octanol–water partition coefficient (Wildman–Crippen LogP) is 6.09. The number of unbranched alkanes of at least 4 members (excludes halogenated alkanes) is 1. The van der Waals surface area contributed by atoms with Crippen LogP contribution in [-0.4, -0.2) is 84.0 Å². The number of H-pyrrole nitrogens is 1. The highest BCUT2D eigenvalue weighted by atomic mass is 31.2. The Morgan fingerprint density at radius 3 is 2.14 bits per heavy atom. The van der Waals surface area contributed by atoms with E-state index in [-0.39, 0.29) is 73.8 Å². The molecule has 0 aliphatic carbocycles. The number of nitrogens with one attached hydrogen (secondary N) is 5. The Labute approximate surface area is 330 Å². The number of nitrogens with zero attached hydrogens (tertiary/aromatic N) is 3. The summed E-state index contributed by atoms with van der Waals surface area (Å²) >= 11 is 0. The van der Waals surface area contributed by atoms with E-state index in [4.69, 9.17) is 27.1 Å². The fourth-order valence-electron chi connectivity index (χ4n) is 5.06. The lowest BCUT2D eigenvalue weighted by Gasteiger charge is -2.25. The van der Waals surface area contributed by atoms with E-state index in [9.17, 15) is 23.5 Å². The van der Waals surface area contributed by atoms with Gasteiger partial charge in [-0.05, 0) is 70.5 Å². The van der Waals surface area contributed by atoms with Gasteiger partial charge in [-0.15, -0.1) is 0 Å². The molecule has 0 saturated heterocycles. The van der Waals surface area contributed by atoms with Crippen LogP contribution < -0.4 is 26.8 Å². The van der Waals surface area contributed by atoms with Crippen LogP contribution in [0.5, 0.6) is 0 Å². The molecule has 2 aromatic heterocycles. The van der Waals surface area contributed by atoms with Crippen molar-refractivity contribution in [3.05, 3.63) is 81.9 Å². The van der Waals surface area contributed by atoms with E-state index in [0.717, 1.165) is 18.5 Å². The van der Waals surface area contributed by atoms with Gasteiger partial charge in [-0.2, -0.15) is 4.98 Å². The molecule has 310 valence electrons. The summed E-state index contributed by atoms with van der Waals surface area (Å²) < 4.78 is 58.1. The van der Waals surface area contributed by atoms with Crippen molar-refractivity contribution in [3.8, 4) is 0 Å². The third-order valence-electron chi connectivity index (χ3n) is 7.67. The molecule has 2 heterocycles. The van der Waals surface area contributed by atoms with Gasteiger partial charge in [0.05, 0.1) is 62.7 Å². The van der Waals surface area contributed by atoms with E-state index in [1.54, 1.807) is 70.2 Å². The zero-order chi connectivity index (χ0) is 41.3. The number of rotatable bonds is 25. The number of hydrogen-bond acceptors (Lipinski definition) is 16. The van der Waals surface area contributed by atoms with Crippen molar-refractivity contribution in [3.63, 3.8) is 0 Å². The highest BCUT2D eigenvalue weighted by Gasteiger charge is 2.34. The maximum absolute atomic E-state index is 13.5. The molecule has 19 nitrogen and oxygen atoms in total. The third-order valence-corrected chi connectivity index (χ3v) is 11.0. The first-order chi connectivity index (χ1) is 27.4. The minimum Gasteiger partial charge on any atom is -0.379 e. The fourth-order valence-corrected chi connectivity index (χ4v) is 7.59. The van der Waals surface area contributed by atoms with Crippen LogP contribution in [-0.2, 0) is 42.8 Å². The zero-order valence-corrected chi connectivity index (χ0v) is 34.4. The van der Waals surface area contributed by atoms with Crippen molar-refractivity contribution in [1.82, 2.24) is 30.6 Å². The van der Waals surface area contributed by atoms with E-state index in [1.165, 1.54) is 12.3 Å². The molecular formula is C36H50N8O11P2. The van der Waals surface area contributed by atoms with Gasteiger partial charge < -0.3 is 21.3 Å². The van der Waals surface area contributed by atoms with Crippen molar-refractivity contribution < 1.29 is 45.9 Å². The summed E-state index contributed by atoms with van der Waals surface area (Å²) in [6.07, 6.45) is 2.20. The molecular weight excluding hydrogens is 782 g/mol. The Morgan fingerprint density at radius 2 is 1.47 bits per heavy atom. The van der Waals surface area contributed by atoms with Gasteiger partial charge in [0.1, 0.15) is 6.10 Å². The van der Waals surface area contributed by atoms with Crippen LogP contribution in [0.3, 0.4) is 0 Å². The van der Waals surface area contributed by atoms with Crippen LogP contribution in [0.25, 0.3) is 11.2 Å². The number of hydrogen-bond donors (Lipinski definition) is 5. The molecule has 1 unspecified atom stereocenters. The Morgan fingerprint density at radius 1 is 0.807 bits per heavy atom. The molecule has 0 radical (unpaired) electrons. The summed E-state index contributed by atoms with van der Waals surface area (Å²) in [5.41, 5.74) is 1.70. The Balaban J connectivity index is 1.44. The van der Waals surface area contributed by atoms with E-state index in [1.807, 2.05) is 0 Å². The van der Waals surface area contributed by atoms with Gasteiger partial charge in [0.2, 0.25) is 5.95 Å². The molecule has 0 bridgehead atoms. The molecule has 57 heavy (non-hydrogen) atoms. The molecule has 0 fully saturated rings. The predicted molar refractivity (Wildman–Crippen MR) is 214 cm³/mol. The third kappa shape index (κ3) is 13.8. The van der Waals surface area contributed by atoms with Crippen molar-refractivity contribution in [2.24, 2.45) is 0 Å². The summed E-state index contributed by atoms with van der Waals surface area (Å²) in [6.45, 7) is 8.64. The average molecular weight is 833 g/mol. The first kappa shape index (κ1) is 45.1. The van der Waals surface area contributed by atoms with Gasteiger partial charge in [0.15, 0.2) is 11.2 Å². The maximum atomic E-state index is 13.5. The average Bonchev–Trinajstić information content (AvgIpc) is 3.19. The number of aromatic nitrogens is 4. The molecule has 4 aromatic rings. The van der Waals surface area contributed by atoms with Gasteiger partial charge in [-0.25, -0.2) is 19.1 Å². The maximum Gasteiger partial charge on any atom is 0.475 e. The molecule has 2 aromatic carbocycles. The van der Waals surface area contributed by atoms with E-state index >= 15 is 0 Å². The van der Waals surface area contributed by atoms with Gasteiger partial charge in [0, 0.05) is 24.3 Å². The molecule has 0 aliphatic heterocycles. The number of aromatic amines is 1. The number of fused-ring (bicyclic) bond motifs is 1. The lowest BCUT2D eigenvalue weighted by Crippen LogP contribution is -2.36. The normalized spacial score (nSPS) is 12.3. The number of carbonyl (C=O) groups excluding carboxylic acids is 2. The molecule has 0 saturated carbocycles. The molecule has 0 spiro atoms. The van der Waals surface area contributed by atoms with Gasteiger partial charge >= 0.3 is 15.6 Å². The van der Waals surface area contributed by atoms with Gasteiger partial charge in [-0.1, -0.05) is 25.5 Å². The molecule has 5 N–H and O–H groups in total. The number of phosphoric acid groups is 2. The summed E-state index contributed by atoms with van der Waals surface area (Å²) in [6, 6.07) is 13.4. The quantitative estimate of drug-likeness (QED) is 0.0375. The second kappa shape index (κ2) is 22.4.